The molecule has 0 aromatic heterocycles. The topological polar surface area (TPSA) is 94.9 Å². The van der Waals surface area contributed by atoms with E-state index in [1.807, 2.05) is 0 Å². The number of hydrogen-bond donors (Lipinski definition) is 2. The summed E-state index contributed by atoms with van der Waals surface area (Å²) in [4.78, 5) is 35.3. The van der Waals surface area contributed by atoms with Crippen molar-refractivity contribution in [3.05, 3.63) is 42.5 Å². The van der Waals surface area contributed by atoms with Crippen molar-refractivity contribution in [2.24, 2.45) is 0 Å². The average molecular weight is 277 g/mol. The van der Waals surface area contributed by atoms with Crippen LogP contribution in [0.2, 0.25) is 0 Å². The molecule has 20 heavy (non-hydrogen) atoms. The predicted molar refractivity (Wildman–Crippen MR) is 72.7 cm³/mol. The minimum absolute atomic E-state index is 0.0590. The first kappa shape index (κ1) is 15.4. The third-order valence-corrected chi connectivity index (χ3v) is 2.61. The molecule has 6 nitrogen and oxygen atoms in total. The quantitative estimate of drug-likeness (QED) is 0.574. The lowest BCUT2D eigenvalue weighted by Gasteiger charge is -2.28. The summed E-state index contributed by atoms with van der Waals surface area (Å²) in [6, 6.07) is 6.46. The third kappa shape index (κ3) is 3.68. The molecular formula is C14H15NO5. The first-order chi connectivity index (χ1) is 9.34. The van der Waals surface area contributed by atoms with Gasteiger partial charge in [-0.25, -0.2) is 4.79 Å². The highest BCUT2D eigenvalue weighted by molar-refractivity contribution is 6.13. The monoisotopic (exact) mass is 277 g/mol. The van der Waals surface area contributed by atoms with Crippen LogP contribution in [0.5, 0.6) is 0 Å². The second kappa shape index (κ2) is 6.51. The Kier molecular flexibility index (Phi) is 5.02. The van der Waals surface area contributed by atoms with Gasteiger partial charge in [-0.2, -0.15) is 0 Å². The highest BCUT2D eigenvalue weighted by Crippen LogP contribution is 2.18. The number of rotatable bonds is 7. The maximum Gasteiger partial charge on any atom is 0.334 e. The Hall–Kier alpha value is -2.63. The van der Waals surface area contributed by atoms with Gasteiger partial charge in [-0.05, 0) is 24.6 Å². The fourth-order valence-electron chi connectivity index (χ4n) is 1.72. The molecule has 1 atom stereocenters. The maximum absolute atomic E-state index is 12.0. The largest absolute Gasteiger partial charge is 0.480 e. The van der Waals surface area contributed by atoms with Crippen LogP contribution in [0.1, 0.15) is 6.92 Å². The smallest absolute Gasteiger partial charge is 0.334 e. The summed E-state index contributed by atoms with van der Waals surface area (Å²) in [6.07, 6.45) is 0. The van der Waals surface area contributed by atoms with Gasteiger partial charge in [0.2, 0.25) is 0 Å². The molecule has 0 aliphatic carbocycles. The Bertz CT molecular complexity index is 538. The SMILES string of the molecule is C=C(C)C(=O)C(C(=O)O)N(CC(=O)O)c1ccccc1. The molecule has 1 aromatic rings. The van der Waals surface area contributed by atoms with Crippen LogP contribution in [0.3, 0.4) is 0 Å². The average Bonchev–Trinajstić information content (AvgIpc) is 2.37. The molecule has 0 aliphatic heterocycles. The lowest BCUT2D eigenvalue weighted by molar-refractivity contribution is -0.141. The number of para-hydroxylation sites is 1. The molecule has 1 aromatic carbocycles. The van der Waals surface area contributed by atoms with E-state index in [0.29, 0.717) is 5.69 Å². The Morgan fingerprint density at radius 1 is 1.20 bits per heavy atom. The summed E-state index contributed by atoms with van der Waals surface area (Å²) in [6.45, 7) is 4.22. The van der Waals surface area contributed by atoms with Crippen molar-refractivity contribution in [1.29, 1.82) is 0 Å². The molecule has 0 bridgehead atoms. The number of carbonyl (C=O) groups is 3. The van der Waals surface area contributed by atoms with Crippen LogP contribution in [0.15, 0.2) is 42.5 Å². The van der Waals surface area contributed by atoms with Crippen molar-refractivity contribution < 1.29 is 24.6 Å². The van der Waals surface area contributed by atoms with Gasteiger partial charge in [-0.3, -0.25) is 9.59 Å². The van der Waals surface area contributed by atoms with Gasteiger partial charge in [-0.1, -0.05) is 24.8 Å². The van der Waals surface area contributed by atoms with E-state index < -0.39 is 30.3 Å². The van der Waals surface area contributed by atoms with Crippen molar-refractivity contribution in [2.75, 3.05) is 11.4 Å². The Labute approximate surface area is 115 Å². The van der Waals surface area contributed by atoms with Gasteiger partial charge in [0.05, 0.1) is 0 Å². The van der Waals surface area contributed by atoms with Crippen LogP contribution in [-0.4, -0.2) is 40.5 Å². The van der Waals surface area contributed by atoms with E-state index in [9.17, 15) is 19.5 Å². The number of hydrogen-bond acceptors (Lipinski definition) is 4. The van der Waals surface area contributed by atoms with Gasteiger partial charge in [-0.15, -0.1) is 0 Å². The van der Waals surface area contributed by atoms with Gasteiger partial charge in [0, 0.05) is 5.69 Å². The molecular weight excluding hydrogens is 262 g/mol. The molecule has 0 aliphatic rings. The summed E-state index contributed by atoms with van der Waals surface area (Å²) < 4.78 is 0. The van der Waals surface area contributed by atoms with E-state index in [4.69, 9.17) is 5.11 Å². The van der Waals surface area contributed by atoms with Crippen molar-refractivity contribution in [3.8, 4) is 0 Å². The normalized spacial score (nSPS) is 11.4. The molecule has 6 heteroatoms. The molecule has 0 amide bonds. The first-order valence-corrected chi connectivity index (χ1v) is 5.80. The molecule has 0 saturated carbocycles. The molecule has 106 valence electrons. The number of aliphatic carboxylic acids is 2. The number of carbonyl (C=O) groups excluding carboxylic acids is 1. The van der Waals surface area contributed by atoms with E-state index >= 15 is 0 Å². The Morgan fingerprint density at radius 2 is 1.75 bits per heavy atom. The minimum atomic E-state index is -1.61. The van der Waals surface area contributed by atoms with Crippen molar-refractivity contribution >= 4 is 23.4 Å². The number of Topliss-reactive ketones (excluding diaryl/α,β-unsaturated/α-hetero) is 1. The van der Waals surface area contributed by atoms with Crippen LogP contribution < -0.4 is 4.90 Å². The van der Waals surface area contributed by atoms with Crippen LogP contribution in [-0.2, 0) is 14.4 Å². The van der Waals surface area contributed by atoms with Crippen LogP contribution >= 0.6 is 0 Å². The number of carboxylic acid groups (broad SMARTS) is 2. The molecule has 2 N–H and O–H groups in total. The zero-order chi connectivity index (χ0) is 15.3. The van der Waals surface area contributed by atoms with Crippen LogP contribution in [0.4, 0.5) is 5.69 Å². The standard InChI is InChI=1S/C14H15NO5/c1-9(2)13(18)12(14(19)20)15(8-11(16)17)10-6-4-3-5-7-10/h3-7,12H,1,8H2,2H3,(H,16,17)(H,19,20). The molecule has 1 rings (SSSR count). The number of carboxylic acids is 2. The van der Waals surface area contributed by atoms with Crippen molar-refractivity contribution in [3.63, 3.8) is 0 Å². The van der Waals surface area contributed by atoms with Crippen molar-refractivity contribution in [1.82, 2.24) is 0 Å². The zero-order valence-electron chi connectivity index (χ0n) is 10.9. The summed E-state index contributed by atoms with van der Waals surface area (Å²) in [5, 5.41) is 18.2. The van der Waals surface area contributed by atoms with E-state index in [-0.39, 0.29) is 5.57 Å². The number of benzene rings is 1. The van der Waals surface area contributed by atoms with E-state index in [1.54, 1.807) is 30.3 Å². The van der Waals surface area contributed by atoms with Gasteiger partial charge in [0.25, 0.3) is 0 Å². The third-order valence-electron chi connectivity index (χ3n) is 2.61. The van der Waals surface area contributed by atoms with E-state index in [1.165, 1.54) is 6.92 Å². The number of anilines is 1. The second-order valence-electron chi connectivity index (χ2n) is 4.24. The van der Waals surface area contributed by atoms with E-state index in [2.05, 4.69) is 6.58 Å². The number of nitrogens with zero attached hydrogens (tertiary/aromatic N) is 1. The lowest BCUT2D eigenvalue weighted by atomic mass is 10.0. The van der Waals surface area contributed by atoms with Gasteiger partial charge in [0.15, 0.2) is 11.8 Å². The Balaban J connectivity index is 3.25. The minimum Gasteiger partial charge on any atom is -0.480 e. The van der Waals surface area contributed by atoms with Crippen molar-refractivity contribution in [2.45, 2.75) is 13.0 Å². The lowest BCUT2D eigenvalue weighted by Crippen LogP contribution is -2.49. The van der Waals surface area contributed by atoms with Crippen LogP contribution in [0.25, 0.3) is 0 Å². The summed E-state index contributed by atoms with van der Waals surface area (Å²) >= 11 is 0. The van der Waals surface area contributed by atoms with Gasteiger partial charge < -0.3 is 15.1 Å². The fourth-order valence-corrected chi connectivity index (χ4v) is 1.72. The highest BCUT2D eigenvalue weighted by atomic mass is 16.4. The maximum atomic E-state index is 12.0. The first-order valence-electron chi connectivity index (χ1n) is 5.80. The Morgan fingerprint density at radius 3 is 2.15 bits per heavy atom. The van der Waals surface area contributed by atoms with Crippen LogP contribution in [0, 0.1) is 0 Å². The molecule has 0 heterocycles. The fraction of sp³-hybridized carbons (Fsp3) is 0.214. The molecule has 0 radical (unpaired) electrons. The summed E-state index contributed by atoms with van der Waals surface area (Å²) in [7, 11) is 0. The zero-order valence-corrected chi connectivity index (χ0v) is 10.9. The van der Waals surface area contributed by atoms with E-state index in [0.717, 1.165) is 4.90 Å². The molecule has 0 saturated heterocycles. The molecule has 1 unspecified atom stereocenters. The molecule has 0 fully saturated rings. The molecule has 0 spiro atoms. The predicted octanol–water partition coefficient (Wildman–Crippen LogP) is 1.18. The van der Waals surface area contributed by atoms with Gasteiger partial charge >= 0.3 is 11.9 Å². The highest BCUT2D eigenvalue weighted by Gasteiger charge is 2.34. The summed E-state index contributed by atoms with van der Waals surface area (Å²) in [5.74, 6) is -3.36. The number of ketones is 1. The second-order valence-corrected chi connectivity index (χ2v) is 4.24. The summed E-state index contributed by atoms with van der Waals surface area (Å²) in [5.41, 5.74) is 0.403. The van der Waals surface area contributed by atoms with Gasteiger partial charge in [0.1, 0.15) is 6.54 Å².